The van der Waals surface area contributed by atoms with Crippen molar-refractivity contribution < 1.29 is 12.8 Å². The number of aromatic amines is 1. The second kappa shape index (κ2) is 8.04. The fraction of sp³-hybridized carbons (Fsp3) is 0.238. The number of H-pyrrole nitrogens is 1. The van der Waals surface area contributed by atoms with Crippen molar-refractivity contribution in [2.45, 2.75) is 11.4 Å². The smallest absolute Gasteiger partial charge is 0.260 e. The first-order chi connectivity index (χ1) is 15.0. The molecule has 4 heterocycles. The highest BCUT2D eigenvalue weighted by Gasteiger charge is 2.28. The molecule has 1 saturated heterocycles. The third-order valence-electron chi connectivity index (χ3n) is 5.37. The molecule has 1 aromatic carbocycles. The van der Waals surface area contributed by atoms with Crippen LogP contribution < -0.4 is 5.56 Å². The minimum Gasteiger partial charge on any atom is -0.464 e. The van der Waals surface area contributed by atoms with Crippen LogP contribution in [0.3, 0.4) is 0 Å². The number of fused-ring (bicyclic) bond motifs is 1. The highest BCUT2D eigenvalue weighted by Crippen LogP contribution is 2.31. The Kier molecular flexibility index (Phi) is 5.22. The van der Waals surface area contributed by atoms with Gasteiger partial charge in [0.25, 0.3) is 5.56 Å². The van der Waals surface area contributed by atoms with Crippen LogP contribution in [0.25, 0.3) is 21.5 Å². The monoisotopic (exact) mass is 456 g/mol. The van der Waals surface area contributed by atoms with Gasteiger partial charge in [-0.2, -0.15) is 4.31 Å². The largest absolute Gasteiger partial charge is 0.464 e. The number of furan rings is 1. The van der Waals surface area contributed by atoms with Crippen molar-refractivity contribution in [3.63, 3.8) is 0 Å². The summed E-state index contributed by atoms with van der Waals surface area (Å²) < 4.78 is 32.5. The third kappa shape index (κ3) is 3.83. The lowest BCUT2D eigenvalue weighted by atomic mass is 10.2. The van der Waals surface area contributed by atoms with Crippen molar-refractivity contribution in [2.75, 3.05) is 26.2 Å². The van der Waals surface area contributed by atoms with Gasteiger partial charge in [-0.15, -0.1) is 11.3 Å². The third-order valence-corrected chi connectivity index (χ3v) is 8.15. The van der Waals surface area contributed by atoms with Gasteiger partial charge in [0.05, 0.1) is 23.1 Å². The van der Waals surface area contributed by atoms with Gasteiger partial charge in [-0.1, -0.05) is 18.2 Å². The summed E-state index contributed by atoms with van der Waals surface area (Å²) in [6.07, 6.45) is 1.58. The zero-order chi connectivity index (χ0) is 21.4. The number of nitrogens with zero attached hydrogens (tertiary/aromatic N) is 3. The lowest BCUT2D eigenvalue weighted by Gasteiger charge is -2.33. The molecule has 0 aliphatic carbocycles. The van der Waals surface area contributed by atoms with E-state index in [1.807, 2.05) is 11.4 Å². The molecular formula is C21H20N4O4S2. The molecule has 4 aromatic rings. The minimum absolute atomic E-state index is 0.196. The van der Waals surface area contributed by atoms with Crippen LogP contribution in [-0.2, 0) is 16.6 Å². The van der Waals surface area contributed by atoms with Gasteiger partial charge >= 0.3 is 0 Å². The Morgan fingerprint density at radius 3 is 2.55 bits per heavy atom. The number of aromatic nitrogens is 2. The molecule has 10 heteroatoms. The normalized spacial score (nSPS) is 16.1. The molecule has 0 radical (unpaired) electrons. The molecule has 0 spiro atoms. The molecule has 1 aliphatic rings. The molecule has 31 heavy (non-hydrogen) atoms. The zero-order valence-corrected chi connectivity index (χ0v) is 18.2. The summed E-state index contributed by atoms with van der Waals surface area (Å²) in [5.74, 6) is 1.21. The maximum atomic E-state index is 12.8. The summed E-state index contributed by atoms with van der Waals surface area (Å²) in [4.78, 5) is 23.3. The van der Waals surface area contributed by atoms with Crippen molar-refractivity contribution >= 4 is 31.6 Å². The fourth-order valence-corrected chi connectivity index (χ4v) is 6.15. The Morgan fingerprint density at radius 2 is 1.84 bits per heavy atom. The van der Waals surface area contributed by atoms with Gasteiger partial charge in [0.1, 0.15) is 16.4 Å². The number of piperazine rings is 1. The van der Waals surface area contributed by atoms with Crippen molar-refractivity contribution in [2.24, 2.45) is 0 Å². The molecule has 1 fully saturated rings. The molecule has 1 N–H and O–H groups in total. The van der Waals surface area contributed by atoms with Crippen LogP contribution in [0.15, 0.2) is 68.2 Å². The molecule has 0 atom stereocenters. The number of nitrogens with one attached hydrogen (secondary N) is 1. The van der Waals surface area contributed by atoms with E-state index in [1.165, 1.54) is 15.6 Å². The van der Waals surface area contributed by atoms with Crippen LogP contribution >= 0.6 is 11.3 Å². The molecule has 0 amide bonds. The summed E-state index contributed by atoms with van der Waals surface area (Å²) in [6, 6.07) is 12.1. The van der Waals surface area contributed by atoms with E-state index < -0.39 is 10.0 Å². The highest BCUT2D eigenvalue weighted by atomic mass is 32.2. The van der Waals surface area contributed by atoms with E-state index in [4.69, 9.17) is 4.42 Å². The quantitative estimate of drug-likeness (QED) is 0.496. The Labute approximate surface area is 182 Å². The lowest BCUT2D eigenvalue weighted by Crippen LogP contribution is -2.48. The molecule has 0 saturated carbocycles. The number of sulfonamides is 1. The summed E-state index contributed by atoms with van der Waals surface area (Å²) in [6.45, 7) is 2.38. The molecule has 0 bridgehead atoms. The van der Waals surface area contributed by atoms with Crippen molar-refractivity contribution in [3.05, 3.63) is 70.3 Å². The number of rotatable bonds is 5. The highest BCUT2D eigenvalue weighted by molar-refractivity contribution is 7.89. The van der Waals surface area contributed by atoms with Crippen LogP contribution in [0.5, 0.6) is 0 Å². The Bertz CT molecular complexity index is 1350. The number of benzene rings is 1. The van der Waals surface area contributed by atoms with Gasteiger partial charge in [-0.3, -0.25) is 9.69 Å². The second-order valence-corrected chi connectivity index (χ2v) is 10.1. The molecule has 5 rings (SSSR count). The van der Waals surface area contributed by atoms with Crippen LogP contribution in [0, 0.1) is 0 Å². The first-order valence-electron chi connectivity index (χ1n) is 9.84. The predicted molar refractivity (Wildman–Crippen MR) is 118 cm³/mol. The Morgan fingerprint density at radius 1 is 1.06 bits per heavy atom. The Balaban J connectivity index is 1.30. The lowest BCUT2D eigenvalue weighted by molar-refractivity contribution is 0.178. The molecule has 160 valence electrons. The Hall–Kier alpha value is -2.79. The topological polar surface area (TPSA) is 99.5 Å². The number of hydrogen-bond donors (Lipinski definition) is 1. The van der Waals surface area contributed by atoms with Crippen LogP contribution in [0.2, 0.25) is 0 Å². The zero-order valence-electron chi connectivity index (χ0n) is 16.5. The molecule has 0 unspecified atom stereocenters. The SMILES string of the molecule is O=c1[nH]c(CN2CCN(S(=O)(=O)c3ccccc3)CC2)nc2scc(-c3ccco3)c12. The fourth-order valence-electron chi connectivity index (χ4n) is 3.76. The van der Waals surface area contributed by atoms with Gasteiger partial charge in [0.2, 0.25) is 10.0 Å². The number of thiophene rings is 1. The second-order valence-electron chi connectivity index (χ2n) is 7.31. The first-order valence-corrected chi connectivity index (χ1v) is 12.2. The van der Waals surface area contributed by atoms with E-state index in [9.17, 15) is 13.2 Å². The molecule has 1 aliphatic heterocycles. The van der Waals surface area contributed by atoms with E-state index in [1.54, 1.807) is 42.7 Å². The summed E-state index contributed by atoms with van der Waals surface area (Å²) in [5, 5.41) is 2.41. The molecular weight excluding hydrogens is 436 g/mol. The first kappa shape index (κ1) is 20.1. The number of hydrogen-bond acceptors (Lipinski definition) is 7. The van der Waals surface area contributed by atoms with Crippen molar-refractivity contribution in [1.82, 2.24) is 19.2 Å². The molecule has 3 aromatic heterocycles. The standard InChI is InChI=1S/C21H20N4O4S2/c26-20-19-16(17-7-4-12-29-17)14-30-21(19)23-18(22-20)13-24-8-10-25(11-9-24)31(27,28)15-5-2-1-3-6-15/h1-7,12,14H,8-11,13H2,(H,22,23,26). The van der Waals surface area contributed by atoms with Gasteiger partial charge in [-0.05, 0) is 24.3 Å². The van der Waals surface area contributed by atoms with Gasteiger partial charge in [0.15, 0.2) is 0 Å². The van der Waals surface area contributed by atoms with Gasteiger partial charge in [0, 0.05) is 37.1 Å². The maximum absolute atomic E-state index is 12.8. The average molecular weight is 457 g/mol. The maximum Gasteiger partial charge on any atom is 0.260 e. The van der Waals surface area contributed by atoms with Gasteiger partial charge < -0.3 is 9.40 Å². The van der Waals surface area contributed by atoms with E-state index in [0.717, 1.165) is 5.56 Å². The predicted octanol–water partition coefficient (Wildman–Crippen LogP) is 2.75. The van der Waals surface area contributed by atoms with Crippen LogP contribution in [0.4, 0.5) is 0 Å². The van der Waals surface area contributed by atoms with Crippen LogP contribution in [0.1, 0.15) is 5.82 Å². The molecule has 8 nitrogen and oxygen atoms in total. The van der Waals surface area contributed by atoms with E-state index >= 15 is 0 Å². The summed E-state index contributed by atoms with van der Waals surface area (Å²) >= 11 is 1.41. The van der Waals surface area contributed by atoms with Gasteiger partial charge in [-0.25, -0.2) is 13.4 Å². The minimum atomic E-state index is -3.49. The van der Waals surface area contributed by atoms with Crippen molar-refractivity contribution in [3.8, 4) is 11.3 Å². The average Bonchev–Trinajstić information content (AvgIpc) is 3.45. The van der Waals surface area contributed by atoms with E-state index in [-0.39, 0.29) is 5.56 Å². The summed E-state index contributed by atoms with van der Waals surface area (Å²) in [7, 11) is -3.49. The van der Waals surface area contributed by atoms with E-state index in [0.29, 0.717) is 59.4 Å². The van der Waals surface area contributed by atoms with Crippen molar-refractivity contribution in [1.29, 1.82) is 0 Å². The van der Waals surface area contributed by atoms with Crippen LogP contribution in [-0.4, -0.2) is 53.8 Å². The summed E-state index contributed by atoms with van der Waals surface area (Å²) in [5.41, 5.74) is 0.544. The van der Waals surface area contributed by atoms with E-state index in [2.05, 4.69) is 14.9 Å².